The van der Waals surface area contributed by atoms with Gasteiger partial charge in [0.2, 0.25) is 5.91 Å². The van der Waals surface area contributed by atoms with Crippen LogP contribution < -0.4 is 0 Å². The molecule has 3 rings (SSSR count). The molecule has 0 radical (unpaired) electrons. The van der Waals surface area contributed by atoms with E-state index >= 15 is 0 Å². The first kappa shape index (κ1) is 15.7. The van der Waals surface area contributed by atoms with E-state index in [2.05, 4.69) is 15.3 Å². The van der Waals surface area contributed by atoms with Gasteiger partial charge in [0.05, 0.1) is 17.6 Å². The summed E-state index contributed by atoms with van der Waals surface area (Å²) in [7, 11) is 1.79. The molecule has 0 aliphatic heterocycles. The summed E-state index contributed by atoms with van der Waals surface area (Å²) in [6, 6.07) is 9.89. The van der Waals surface area contributed by atoms with E-state index in [-0.39, 0.29) is 5.91 Å². The van der Waals surface area contributed by atoms with Crippen molar-refractivity contribution in [2.75, 3.05) is 12.8 Å². The number of nitrogens with zero attached hydrogens (tertiary/aromatic N) is 5. The summed E-state index contributed by atoms with van der Waals surface area (Å²) in [5, 5.41) is 12.0. The molecule has 0 saturated carbocycles. The van der Waals surface area contributed by atoms with Crippen molar-refractivity contribution >= 4 is 29.0 Å². The monoisotopic (exact) mass is 345 g/mol. The third-order valence-electron chi connectivity index (χ3n) is 3.16. The molecule has 0 saturated heterocycles. The molecular weight excluding hydrogens is 330 g/mol. The number of aromatic nitrogens is 4. The molecule has 23 heavy (non-hydrogen) atoms. The van der Waals surface area contributed by atoms with Crippen LogP contribution >= 0.6 is 23.1 Å². The van der Waals surface area contributed by atoms with Crippen molar-refractivity contribution in [1.29, 1.82) is 0 Å². The lowest BCUT2D eigenvalue weighted by atomic mass is 10.3. The van der Waals surface area contributed by atoms with Crippen LogP contribution in [0.3, 0.4) is 0 Å². The van der Waals surface area contributed by atoms with Gasteiger partial charge in [0, 0.05) is 25.4 Å². The maximum atomic E-state index is 12.2. The second-order valence-electron chi connectivity index (χ2n) is 4.87. The van der Waals surface area contributed by atoms with Crippen molar-refractivity contribution in [3.05, 3.63) is 53.8 Å². The van der Waals surface area contributed by atoms with Crippen LogP contribution in [-0.4, -0.2) is 43.6 Å². The molecule has 118 valence electrons. The molecule has 2 heterocycles. The Morgan fingerprint density at radius 2 is 2.17 bits per heavy atom. The lowest BCUT2D eigenvalue weighted by Crippen LogP contribution is -2.27. The molecule has 1 aromatic carbocycles. The topological polar surface area (TPSA) is 63.9 Å². The number of hydrogen-bond donors (Lipinski definition) is 0. The smallest absolute Gasteiger partial charge is 0.233 e. The molecule has 0 fully saturated rings. The Bertz CT molecular complexity index is 757. The molecule has 0 spiro atoms. The maximum absolute atomic E-state index is 12.2. The summed E-state index contributed by atoms with van der Waals surface area (Å²) in [6.07, 6.45) is 3.73. The molecule has 0 bridgehead atoms. The van der Waals surface area contributed by atoms with Crippen LogP contribution in [-0.2, 0) is 11.3 Å². The highest BCUT2D eigenvalue weighted by Crippen LogP contribution is 2.19. The maximum Gasteiger partial charge on any atom is 0.233 e. The van der Waals surface area contributed by atoms with Crippen molar-refractivity contribution in [3.63, 3.8) is 0 Å². The Morgan fingerprint density at radius 1 is 1.35 bits per heavy atom. The molecule has 3 aromatic rings. The van der Waals surface area contributed by atoms with Gasteiger partial charge in [-0.05, 0) is 12.1 Å². The van der Waals surface area contributed by atoms with Crippen molar-refractivity contribution in [2.45, 2.75) is 10.9 Å². The van der Waals surface area contributed by atoms with Gasteiger partial charge in [0.15, 0.2) is 4.34 Å². The van der Waals surface area contributed by atoms with E-state index in [4.69, 9.17) is 0 Å². The van der Waals surface area contributed by atoms with E-state index in [1.54, 1.807) is 23.7 Å². The van der Waals surface area contributed by atoms with E-state index in [1.807, 2.05) is 41.2 Å². The SMILES string of the molecule is CN(Cc1cnn(-c2ccccc2)c1)C(=O)CSc1nncs1. The number of hydrogen-bond acceptors (Lipinski definition) is 6. The molecule has 0 unspecified atom stereocenters. The average molecular weight is 345 g/mol. The lowest BCUT2D eigenvalue weighted by molar-refractivity contribution is -0.127. The van der Waals surface area contributed by atoms with Crippen LogP contribution in [0.25, 0.3) is 5.69 Å². The Hall–Kier alpha value is -2.19. The van der Waals surface area contributed by atoms with Gasteiger partial charge in [-0.1, -0.05) is 41.3 Å². The minimum Gasteiger partial charge on any atom is -0.341 e. The number of rotatable bonds is 6. The molecule has 2 aromatic heterocycles. The number of benzene rings is 1. The first-order valence-corrected chi connectivity index (χ1v) is 8.81. The van der Waals surface area contributed by atoms with Gasteiger partial charge < -0.3 is 4.90 Å². The fourth-order valence-electron chi connectivity index (χ4n) is 1.99. The summed E-state index contributed by atoms with van der Waals surface area (Å²) < 4.78 is 2.62. The van der Waals surface area contributed by atoms with Gasteiger partial charge in [-0.2, -0.15) is 5.10 Å². The third kappa shape index (κ3) is 4.17. The van der Waals surface area contributed by atoms with E-state index < -0.39 is 0 Å². The van der Waals surface area contributed by atoms with Crippen molar-refractivity contribution in [1.82, 2.24) is 24.9 Å². The quantitative estimate of drug-likeness (QED) is 0.642. The normalized spacial score (nSPS) is 10.7. The Labute approximate surface area is 142 Å². The zero-order valence-electron chi connectivity index (χ0n) is 12.5. The standard InChI is InChI=1S/C15H15N5OS2/c1-19(14(21)10-22-15-18-16-11-23-15)8-12-7-17-20(9-12)13-5-3-2-4-6-13/h2-7,9,11H,8,10H2,1H3. The van der Waals surface area contributed by atoms with Gasteiger partial charge in [-0.3, -0.25) is 4.79 Å². The molecule has 1 amide bonds. The fraction of sp³-hybridized carbons (Fsp3) is 0.200. The predicted octanol–water partition coefficient (Wildman–Crippen LogP) is 2.47. The van der Waals surface area contributed by atoms with Gasteiger partial charge in [-0.15, -0.1) is 10.2 Å². The summed E-state index contributed by atoms with van der Waals surface area (Å²) in [5.41, 5.74) is 3.65. The molecule has 0 atom stereocenters. The number of para-hydroxylation sites is 1. The van der Waals surface area contributed by atoms with Gasteiger partial charge in [0.1, 0.15) is 5.51 Å². The highest BCUT2D eigenvalue weighted by Gasteiger charge is 2.12. The molecule has 0 N–H and O–H groups in total. The van der Waals surface area contributed by atoms with Crippen LogP contribution in [0.15, 0.2) is 52.6 Å². The van der Waals surface area contributed by atoms with E-state index in [0.717, 1.165) is 15.6 Å². The average Bonchev–Trinajstić information content (AvgIpc) is 3.25. The van der Waals surface area contributed by atoms with Crippen LogP contribution in [0, 0.1) is 0 Å². The highest BCUT2D eigenvalue weighted by molar-refractivity contribution is 8.01. The Balaban J connectivity index is 1.56. The Morgan fingerprint density at radius 3 is 2.91 bits per heavy atom. The van der Waals surface area contributed by atoms with Crippen molar-refractivity contribution in [3.8, 4) is 5.69 Å². The zero-order valence-corrected chi connectivity index (χ0v) is 14.1. The van der Waals surface area contributed by atoms with Gasteiger partial charge >= 0.3 is 0 Å². The van der Waals surface area contributed by atoms with Crippen molar-refractivity contribution < 1.29 is 4.79 Å². The largest absolute Gasteiger partial charge is 0.341 e. The first-order chi connectivity index (χ1) is 11.2. The van der Waals surface area contributed by atoms with E-state index in [9.17, 15) is 4.79 Å². The summed E-state index contributed by atoms with van der Waals surface area (Å²) in [4.78, 5) is 13.8. The van der Waals surface area contributed by atoms with Crippen LogP contribution in [0.5, 0.6) is 0 Å². The van der Waals surface area contributed by atoms with E-state index in [0.29, 0.717) is 12.3 Å². The molecule has 6 nitrogen and oxygen atoms in total. The van der Waals surface area contributed by atoms with Crippen LogP contribution in [0.2, 0.25) is 0 Å². The highest BCUT2D eigenvalue weighted by atomic mass is 32.2. The molecule has 8 heteroatoms. The number of thioether (sulfide) groups is 1. The third-order valence-corrected chi connectivity index (χ3v) is 5.01. The summed E-state index contributed by atoms with van der Waals surface area (Å²) in [6.45, 7) is 0.530. The minimum absolute atomic E-state index is 0.0534. The van der Waals surface area contributed by atoms with E-state index in [1.165, 1.54) is 23.1 Å². The summed E-state index contributed by atoms with van der Waals surface area (Å²) in [5.74, 6) is 0.413. The molecule has 0 aliphatic carbocycles. The lowest BCUT2D eigenvalue weighted by Gasteiger charge is -2.15. The minimum atomic E-state index is 0.0534. The Kier molecular flexibility index (Phi) is 5.04. The van der Waals surface area contributed by atoms with Crippen LogP contribution in [0.4, 0.5) is 0 Å². The predicted molar refractivity (Wildman–Crippen MR) is 90.7 cm³/mol. The second kappa shape index (κ2) is 7.38. The van der Waals surface area contributed by atoms with Crippen LogP contribution in [0.1, 0.15) is 5.56 Å². The second-order valence-corrected chi connectivity index (χ2v) is 6.93. The van der Waals surface area contributed by atoms with Crippen molar-refractivity contribution in [2.24, 2.45) is 0 Å². The molecule has 0 aliphatic rings. The number of amides is 1. The first-order valence-electron chi connectivity index (χ1n) is 6.94. The van der Waals surface area contributed by atoms with Gasteiger partial charge in [-0.25, -0.2) is 4.68 Å². The van der Waals surface area contributed by atoms with Gasteiger partial charge in [0.25, 0.3) is 0 Å². The zero-order chi connectivity index (χ0) is 16.1. The fourth-order valence-corrected chi connectivity index (χ4v) is 3.41. The number of carbonyl (C=O) groups is 1. The summed E-state index contributed by atoms with van der Waals surface area (Å²) >= 11 is 2.85. The number of carbonyl (C=O) groups excluding carboxylic acids is 1. The molecular formula is C15H15N5OS2.